The third-order valence-corrected chi connectivity index (χ3v) is 3.20. The minimum absolute atomic E-state index is 0.268. The lowest BCUT2D eigenvalue weighted by atomic mass is 10.1. The fourth-order valence-corrected chi connectivity index (χ4v) is 2.30. The number of hydrogen-bond donors (Lipinski definition) is 1. The molecule has 0 amide bonds. The van der Waals surface area contributed by atoms with Gasteiger partial charge in [0, 0.05) is 23.9 Å². The lowest BCUT2D eigenvalue weighted by Crippen LogP contribution is -1.85. The highest BCUT2D eigenvalue weighted by Crippen LogP contribution is 2.18. The Bertz CT molecular complexity index is 476. The Morgan fingerprint density at radius 3 is 2.75 bits per heavy atom. The van der Waals surface area contributed by atoms with Gasteiger partial charge in [-0.1, -0.05) is 12.1 Å². The van der Waals surface area contributed by atoms with Gasteiger partial charge in [-0.2, -0.15) is 0 Å². The molecule has 1 heterocycles. The van der Waals surface area contributed by atoms with Crippen molar-refractivity contribution in [1.82, 2.24) is 4.98 Å². The van der Waals surface area contributed by atoms with Crippen LogP contribution in [0.3, 0.4) is 0 Å². The fourth-order valence-electron chi connectivity index (χ4n) is 1.39. The van der Waals surface area contributed by atoms with Crippen LogP contribution in [-0.4, -0.2) is 16.4 Å². The Labute approximate surface area is 97.4 Å². The molecule has 1 aromatic carbocycles. The van der Waals surface area contributed by atoms with Crippen molar-refractivity contribution in [2.75, 3.05) is 0 Å². The zero-order valence-electron chi connectivity index (χ0n) is 8.59. The van der Waals surface area contributed by atoms with Crippen molar-refractivity contribution >= 4 is 17.6 Å². The number of carbonyl (C=O) groups excluding carboxylic acids is 1. The molecule has 0 spiro atoms. The summed E-state index contributed by atoms with van der Waals surface area (Å²) in [5.74, 6) is 0.268. The van der Waals surface area contributed by atoms with E-state index in [1.807, 2.05) is 12.1 Å². The summed E-state index contributed by atoms with van der Waals surface area (Å²) < 4.78 is 0. The zero-order valence-corrected chi connectivity index (χ0v) is 9.41. The Balaban J connectivity index is 2.08. The predicted molar refractivity (Wildman–Crippen MR) is 62.8 cm³/mol. The van der Waals surface area contributed by atoms with Crippen LogP contribution in [0, 0.1) is 0 Å². The van der Waals surface area contributed by atoms with Gasteiger partial charge < -0.3 is 9.90 Å². The van der Waals surface area contributed by atoms with E-state index in [1.165, 1.54) is 0 Å². The van der Waals surface area contributed by atoms with Crippen molar-refractivity contribution in [3.8, 4) is 5.75 Å². The van der Waals surface area contributed by atoms with Crippen molar-refractivity contribution in [1.29, 1.82) is 0 Å². The lowest BCUT2D eigenvalue weighted by molar-refractivity contribution is -0.107. The highest BCUT2D eigenvalue weighted by atomic mass is 32.1. The molecule has 1 N–H and O–H groups in total. The third-order valence-electron chi connectivity index (χ3n) is 2.18. The van der Waals surface area contributed by atoms with Gasteiger partial charge in [-0.05, 0) is 17.7 Å². The molecule has 0 aliphatic heterocycles. The van der Waals surface area contributed by atoms with Gasteiger partial charge in [0.25, 0.3) is 0 Å². The van der Waals surface area contributed by atoms with Gasteiger partial charge in [-0.25, -0.2) is 4.98 Å². The summed E-state index contributed by atoms with van der Waals surface area (Å²) in [5.41, 5.74) is 1.10. The first-order valence-electron chi connectivity index (χ1n) is 4.93. The summed E-state index contributed by atoms with van der Waals surface area (Å²) in [6.45, 7) is 0. The minimum atomic E-state index is 0.268. The molecule has 0 aliphatic rings. The molecule has 4 heteroatoms. The van der Waals surface area contributed by atoms with Crippen LogP contribution in [0.4, 0.5) is 0 Å². The van der Waals surface area contributed by atoms with Crippen LogP contribution in [0.1, 0.15) is 15.4 Å². The van der Waals surface area contributed by atoms with Crippen LogP contribution in [0.15, 0.2) is 30.5 Å². The van der Waals surface area contributed by atoms with Crippen molar-refractivity contribution in [2.45, 2.75) is 12.8 Å². The second-order valence-electron chi connectivity index (χ2n) is 3.43. The number of aromatic hydroxyl groups is 1. The predicted octanol–water partition coefficient (Wildman–Crippen LogP) is 2.18. The average Bonchev–Trinajstić information content (AvgIpc) is 2.70. The summed E-state index contributed by atoms with van der Waals surface area (Å²) >= 11 is 1.55. The number of aldehydes is 1. The topological polar surface area (TPSA) is 50.2 Å². The molecule has 0 bridgehead atoms. The Morgan fingerprint density at radius 1 is 1.31 bits per heavy atom. The van der Waals surface area contributed by atoms with Gasteiger partial charge in [0.2, 0.25) is 0 Å². The number of phenolic OH excluding ortho intramolecular Hbond substituents is 1. The maximum Gasteiger partial charge on any atom is 0.125 e. The molecular weight excluding hydrogens is 222 g/mol. The van der Waals surface area contributed by atoms with E-state index in [-0.39, 0.29) is 5.75 Å². The molecule has 3 nitrogen and oxygen atoms in total. The molecule has 0 saturated heterocycles. The molecule has 16 heavy (non-hydrogen) atoms. The van der Waals surface area contributed by atoms with Crippen LogP contribution < -0.4 is 0 Å². The van der Waals surface area contributed by atoms with Crippen molar-refractivity contribution < 1.29 is 9.90 Å². The molecule has 0 unspecified atom stereocenters. The smallest absolute Gasteiger partial charge is 0.125 e. The molecule has 0 atom stereocenters. The second kappa shape index (κ2) is 4.90. The quantitative estimate of drug-likeness (QED) is 0.823. The van der Waals surface area contributed by atoms with Crippen LogP contribution >= 0.6 is 11.3 Å². The lowest BCUT2D eigenvalue weighted by Gasteiger charge is -1.97. The SMILES string of the molecule is O=CCc1cnc(Cc2ccc(O)cc2)s1. The van der Waals surface area contributed by atoms with Crippen molar-refractivity contribution in [3.63, 3.8) is 0 Å². The number of rotatable bonds is 4. The van der Waals surface area contributed by atoms with Gasteiger partial charge in [0.15, 0.2) is 0 Å². The maximum atomic E-state index is 10.3. The Morgan fingerprint density at radius 2 is 2.06 bits per heavy atom. The van der Waals surface area contributed by atoms with Gasteiger partial charge >= 0.3 is 0 Å². The van der Waals surface area contributed by atoms with E-state index in [0.29, 0.717) is 6.42 Å². The summed E-state index contributed by atoms with van der Waals surface area (Å²) in [5, 5.41) is 10.1. The number of carbonyl (C=O) groups is 1. The zero-order chi connectivity index (χ0) is 11.4. The van der Waals surface area contributed by atoms with Gasteiger partial charge in [0.1, 0.15) is 12.0 Å². The highest BCUT2D eigenvalue weighted by molar-refractivity contribution is 7.11. The molecule has 2 aromatic rings. The van der Waals surface area contributed by atoms with Gasteiger partial charge in [-0.15, -0.1) is 11.3 Å². The second-order valence-corrected chi connectivity index (χ2v) is 4.63. The molecule has 1 aromatic heterocycles. The van der Waals surface area contributed by atoms with Crippen molar-refractivity contribution in [2.24, 2.45) is 0 Å². The van der Waals surface area contributed by atoms with E-state index in [1.54, 1.807) is 29.7 Å². The first-order valence-corrected chi connectivity index (χ1v) is 5.74. The fraction of sp³-hybridized carbons (Fsp3) is 0.167. The van der Waals surface area contributed by atoms with Crippen molar-refractivity contribution in [3.05, 3.63) is 45.9 Å². The summed E-state index contributed by atoms with van der Waals surface area (Å²) in [4.78, 5) is 15.6. The van der Waals surface area contributed by atoms with E-state index in [2.05, 4.69) is 4.98 Å². The Kier molecular flexibility index (Phi) is 3.31. The van der Waals surface area contributed by atoms with Crippen LogP contribution in [0.5, 0.6) is 5.75 Å². The van der Waals surface area contributed by atoms with E-state index in [4.69, 9.17) is 5.11 Å². The van der Waals surface area contributed by atoms with Crippen LogP contribution in [0.25, 0.3) is 0 Å². The molecule has 82 valence electrons. The summed E-state index contributed by atoms with van der Waals surface area (Å²) in [7, 11) is 0. The van der Waals surface area contributed by atoms with E-state index in [9.17, 15) is 4.79 Å². The van der Waals surface area contributed by atoms with E-state index >= 15 is 0 Å². The largest absolute Gasteiger partial charge is 0.508 e. The first-order chi connectivity index (χ1) is 7.78. The van der Waals surface area contributed by atoms with E-state index < -0.39 is 0 Å². The molecule has 0 saturated carbocycles. The molecule has 0 fully saturated rings. The van der Waals surface area contributed by atoms with Gasteiger partial charge in [0.05, 0.1) is 5.01 Å². The molecule has 2 rings (SSSR count). The minimum Gasteiger partial charge on any atom is -0.508 e. The molecule has 0 radical (unpaired) electrons. The van der Waals surface area contributed by atoms with E-state index in [0.717, 1.165) is 28.2 Å². The number of benzene rings is 1. The number of phenols is 1. The molecule has 0 aliphatic carbocycles. The summed E-state index contributed by atoms with van der Waals surface area (Å²) in [6.07, 6.45) is 3.81. The first kappa shape index (κ1) is 10.8. The standard InChI is InChI=1S/C12H11NO2S/c14-6-5-11-8-13-12(16-11)7-9-1-3-10(15)4-2-9/h1-4,6,8,15H,5,7H2. The van der Waals surface area contributed by atoms with Crippen LogP contribution in [-0.2, 0) is 17.6 Å². The van der Waals surface area contributed by atoms with Gasteiger partial charge in [-0.3, -0.25) is 0 Å². The van der Waals surface area contributed by atoms with Crippen LogP contribution in [0.2, 0.25) is 0 Å². The normalized spacial score (nSPS) is 10.2. The number of thiazole rings is 1. The number of aromatic nitrogens is 1. The average molecular weight is 233 g/mol. The Hall–Kier alpha value is -1.68. The monoisotopic (exact) mass is 233 g/mol. The highest BCUT2D eigenvalue weighted by Gasteiger charge is 2.03. The summed E-state index contributed by atoms with van der Waals surface area (Å²) in [6, 6.07) is 7.07. The number of hydrogen-bond acceptors (Lipinski definition) is 4. The molecular formula is C12H11NO2S. The third kappa shape index (κ3) is 2.67. The number of nitrogens with zero attached hydrogens (tertiary/aromatic N) is 1. The maximum absolute atomic E-state index is 10.3.